The highest BCUT2D eigenvalue weighted by Crippen LogP contribution is 2.21. The number of carboxylic acid groups (broad SMARTS) is 1. The van der Waals surface area contributed by atoms with Crippen LogP contribution in [-0.4, -0.2) is 64.3 Å². The quantitative estimate of drug-likeness (QED) is 0.357. The normalized spacial score (nSPS) is 16.6. The molecule has 0 spiro atoms. The van der Waals surface area contributed by atoms with Gasteiger partial charge in [0.15, 0.2) is 0 Å². The van der Waals surface area contributed by atoms with Crippen molar-refractivity contribution in [3.63, 3.8) is 0 Å². The van der Waals surface area contributed by atoms with E-state index >= 15 is 0 Å². The van der Waals surface area contributed by atoms with Crippen LogP contribution >= 0.6 is 0 Å². The first kappa shape index (κ1) is 27.4. The molecule has 0 aliphatic carbocycles. The lowest BCUT2D eigenvalue weighted by Crippen LogP contribution is -2.54. The van der Waals surface area contributed by atoms with Gasteiger partial charge in [0, 0.05) is 36.2 Å². The van der Waals surface area contributed by atoms with Gasteiger partial charge >= 0.3 is 11.6 Å². The van der Waals surface area contributed by atoms with Gasteiger partial charge in [-0.15, -0.1) is 0 Å². The van der Waals surface area contributed by atoms with Crippen molar-refractivity contribution in [2.45, 2.75) is 64.6 Å². The molecule has 0 saturated carbocycles. The number of carboxylic acids is 1. The van der Waals surface area contributed by atoms with Gasteiger partial charge < -0.3 is 30.4 Å². The summed E-state index contributed by atoms with van der Waals surface area (Å²) in [5.41, 5.74) is 0.953. The zero-order valence-corrected chi connectivity index (χ0v) is 20.8. The lowest BCUT2D eigenvalue weighted by molar-refractivity contribution is -0.142. The van der Waals surface area contributed by atoms with Crippen molar-refractivity contribution >= 4 is 46.3 Å². The molecule has 4 amide bonds. The lowest BCUT2D eigenvalue weighted by Gasteiger charge is -2.28. The molecule has 1 aromatic heterocycles. The second-order valence-corrected chi connectivity index (χ2v) is 9.05. The highest BCUT2D eigenvalue weighted by Gasteiger charge is 2.37. The molecule has 12 heteroatoms. The van der Waals surface area contributed by atoms with E-state index in [2.05, 4.69) is 16.0 Å². The number of hydrogen-bond acceptors (Lipinski definition) is 7. The summed E-state index contributed by atoms with van der Waals surface area (Å²) in [7, 11) is 0. The van der Waals surface area contributed by atoms with Gasteiger partial charge in [0.2, 0.25) is 23.6 Å². The van der Waals surface area contributed by atoms with E-state index in [1.807, 2.05) is 0 Å². The number of carbonyl (C=O) groups is 5. The number of fused-ring (bicyclic) bond motifs is 1. The van der Waals surface area contributed by atoms with Crippen molar-refractivity contribution in [3.05, 3.63) is 40.2 Å². The molecule has 1 aromatic carbocycles. The number of hydrogen-bond donors (Lipinski definition) is 4. The van der Waals surface area contributed by atoms with E-state index in [4.69, 9.17) is 9.52 Å². The topological polar surface area (TPSA) is 175 Å². The largest absolute Gasteiger partial charge is 0.481 e. The third kappa shape index (κ3) is 6.93. The van der Waals surface area contributed by atoms with E-state index in [0.717, 1.165) is 10.9 Å². The molecular weight excluding hydrogens is 484 g/mol. The number of likely N-dealkylation sites (tertiary alicyclic amines) is 1. The van der Waals surface area contributed by atoms with Gasteiger partial charge in [-0.1, -0.05) is 0 Å². The molecule has 3 rings (SSSR count). The molecule has 1 saturated heterocycles. The van der Waals surface area contributed by atoms with Crippen LogP contribution < -0.4 is 21.6 Å². The molecule has 0 radical (unpaired) electrons. The van der Waals surface area contributed by atoms with Crippen molar-refractivity contribution in [1.82, 2.24) is 15.5 Å². The predicted octanol–water partition coefficient (Wildman–Crippen LogP) is 0.905. The molecule has 0 bridgehead atoms. The number of aliphatic carboxylic acids is 1. The molecule has 0 unspecified atom stereocenters. The van der Waals surface area contributed by atoms with Crippen molar-refractivity contribution in [1.29, 1.82) is 0 Å². The van der Waals surface area contributed by atoms with Gasteiger partial charge in [-0.2, -0.15) is 0 Å². The first-order valence-electron chi connectivity index (χ1n) is 11.9. The van der Waals surface area contributed by atoms with Gasteiger partial charge in [-0.05, 0) is 51.3 Å². The lowest BCUT2D eigenvalue weighted by atomic mass is 10.1. The third-order valence-electron chi connectivity index (χ3n) is 6.12. The van der Waals surface area contributed by atoms with E-state index in [0.29, 0.717) is 30.7 Å². The van der Waals surface area contributed by atoms with Gasteiger partial charge in [0.05, 0.1) is 6.42 Å². The first-order valence-corrected chi connectivity index (χ1v) is 11.9. The Morgan fingerprint density at radius 2 is 1.81 bits per heavy atom. The fraction of sp³-hybridized carbons (Fsp3) is 0.440. The number of carbonyl (C=O) groups excluding carboxylic acids is 4. The van der Waals surface area contributed by atoms with Crippen LogP contribution in [0.3, 0.4) is 0 Å². The molecule has 37 heavy (non-hydrogen) atoms. The van der Waals surface area contributed by atoms with Crippen molar-refractivity contribution in [3.8, 4) is 0 Å². The SMILES string of the molecule is Cc1cc(=O)oc2cc(NC(=O)[C@H](C)NC(=O)[C@@H]3CCCN3C(=O)[C@H](C)NC(=O)CCC(=O)O)ccc12. The average molecular weight is 515 g/mol. The summed E-state index contributed by atoms with van der Waals surface area (Å²) in [5, 5.41) is 17.2. The molecule has 198 valence electrons. The molecule has 1 aliphatic rings. The Morgan fingerprint density at radius 1 is 1.08 bits per heavy atom. The summed E-state index contributed by atoms with van der Waals surface area (Å²) >= 11 is 0. The monoisotopic (exact) mass is 514 g/mol. The Labute approximate surface area is 212 Å². The zero-order valence-electron chi connectivity index (χ0n) is 20.8. The van der Waals surface area contributed by atoms with Crippen LogP contribution in [0.4, 0.5) is 5.69 Å². The minimum atomic E-state index is -1.12. The standard InChI is InChI=1S/C25H30N4O8/c1-13-11-22(33)37-19-12-16(6-7-17(13)19)28-23(34)14(2)27-24(35)18-5-4-10-29(18)25(36)15(3)26-20(30)8-9-21(31)32/h6-7,11-12,14-15,18H,4-5,8-10H2,1-3H3,(H,26,30)(H,27,35)(H,28,34)(H,31,32)/t14-,15-,18-/m0/s1. The van der Waals surface area contributed by atoms with Gasteiger partial charge in [0.25, 0.3) is 0 Å². The van der Waals surface area contributed by atoms with Crippen LogP contribution in [0.2, 0.25) is 0 Å². The highest BCUT2D eigenvalue weighted by atomic mass is 16.4. The Bertz CT molecular complexity index is 1290. The summed E-state index contributed by atoms with van der Waals surface area (Å²) in [5.74, 6) is -3.16. The maximum absolute atomic E-state index is 12.9. The number of nitrogens with zero attached hydrogens (tertiary/aromatic N) is 1. The average Bonchev–Trinajstić information content (AvgIpc) is 3.32. The Hall–Kier alpha value is -4.22. The van der Waals surface area contributed by atoms with Crippen LogP contribution in [-0.2, 0) is 24.0 Å². The van der Waals surface area contributed by atoms with E-state index in [-0.39, 0.29) is 12.8 Å². The zero-order chi connectivity index (χ0) is 27.3. The van der Waals surface area contributed by atoms with Gasteiger partial charge in [0.1, 0.15) is 23.7 Å². The van der Waals surface area contributed by atoms with Crippen molar-refractivity contribution in [2.75, 3.05) is 11.9 Å². The summed E-state index contributed by atoms with van der Waals surface area (Å²) < 4.78 is 5.19. The summed E-state index contributed by atoms with van der Waals surface area (Å²) in [6, 6.07) is 3.61. The van der Waals surface area contributed by atoms with Crippen LogP contribution in [0.5, 0.6) is 0 Å². The van der Waals surface area contributed by atoms with E-state index in [1.54, 1.807) is 19.1 Å². The number of rotatable bonds is 9. The number of benzene rings is 1. The molecule has 3 atom stereocenters. The molecule has 2 heterocycles. The van der Waals surface area contributed by atoms with Crippen LogP contribution in [0, 0.1) is 6.92 Å². The number of nitrogens with one attached hydrogen (secondary N) is 3. The minimum Gasteiger partial charge on any atom is -0.481 e. The smallest absolute Gasteiger partial charge is 0.336 e. The van der Waals surface area contributed by atoms with Crippen LogP contribution in [0.25, 0.3) is 11.0 Å². The second-order valence-electron chi connectivity index (χ2n) is 9.05. The number of amides is 4. The second kappa shape index (κ2) is 11.7. The first-order chi connectivity index (χ1) is 17.5. The Kier molecular flexibility index (Phi) is 8.64. The summed E-state index contributed by atoms with van der Waals surface area (Å²) in [6.45, 7) is 5.07. The third-order valence-corrected chi connectivity index (χ3v) is 6.12. The van der Waals surface area contributed by atoms with Crippen molar-refractivity contribution < 1.29 is 33.5 Å². The Morgan fingerprint density at radius 3 is 2.51 bits per heavy atom. The molecule has 2 aromatic rings. The van der Waals surface area contributed by atoms with E-state index in [9.17, 15) is 28.8 Å². The maximum atomic E-state index is 12.9. The van der Waals surface area contributed by atoms with Gasteiger partial charge in [-0.25, -0.2) is 4.79 Å². The molecule has 1 aliphatic heterocycles. The van der Waals surface area contributed by atoms with Crippen LogP contribution in [0.1, 0.15) is 45.1 Å². The van der Waals surface area contributed by atoms with E-state index in [1.165, 1.54) is 30.9 Å². The van der Waals surface area contributed by atoms with Crippen molar-refractivity contribution in [2.24, 2.45) is 0 Å². The molecular formula is C25H30N4O8. The number of aryl methyl sites for hydroxylation is 1. The maximum Gasteiger partial charge on any atom is 0.336 e. The van der Waals surface area contributed by atoms with Gasteiger partial charge in [-0.3, -0.25) is 24.0 Å². The molecule has 4 N–H and O–H groups in total. The fourth-order valence-electron chi connectivity index (χ4n) is 4.18. The fourth-order valence-corrected chi connectivity index (χ4v) is 4.18. The number of anilines is 1. The molecule has 12 nitrogen and oxygen atoms in total. The van der Waals surface area contributed by atoms with E-state index < -0.39 is 53.3 Å². The predicted molar refractivity (Wildman–Crippen MR) is 133 cm³/mol. The minimum absolute atomic E-state index is 0.257. The summed E-state index contributed by atoms with van der Waals surface area (Å²) in [6.07, 6.45) is 0.363. The highest BCUT2D eigenvalue weighted by molar-refractivity contribution is 5.99. The molecule has 1 fully saturated rings. The Balaban J connectivity index is 1.58. The van der Waals surface area contributed by atoms with Crippen LogP contribution in [0.15, 0.2) is 33.5 Å². The summed E-state index contributed by atoms with van der Waals surface area (Å²) in [4.78, 5) is 74.0.